The van der Waals surface area contributed by atoms with E-state index < -0.39 is 76.1 Å². The molecule has 51 heavy (non-hydrogen) atoms. The van der Waals surface area contributed by atoms with Gasteiger partial charge in [0.25, 0.3) is 5.91 Å². The van der Waals surface area contributed by atoms with E-state index in [-0.39, 0.29) is 29.7 Å². The number of hydrogen-bond acceptors (Lipinski definition) is 7. The van der Waals surface area contributed by atoms with Crippen molar-refractivity contribution < 1.29 is 33.5 Å². The molecule has 1 aromatic rings. The van der Waals surface area contributed by atoms with Gasteiger partial charge in [-0.05, 0) is 66.8 Å². The van der Waals surface area contributed by atoms with Gasteiger partial charge in [-0.2, -0.15) is 0 Å². The summed E-state index contributed by atoms with van der Waals surface area (Å²) in [6.45, 7) is 20.7. The topological polar surface area (TPSA) is 163 Å². The Bertz CT molecular complexity index is 1500. The van der Waals surface area contributed by atoms with Gasteiger partial charge in [-0.1, -0.05) is 98.6 Å². The van der Waals surface area contributed by atoms with Crippen molar-refractivity contribution >= 4 is 35.5 Å². The van der Waals surface area contributed by atoms with Crippen molar-refractivity contribution in [3.8, 4) is 0 Å². The van der Waals surface area contributed by atoms with E-state index in [1.807, 2.05) is 71.9 Å². The number of fused-ring (bicyclic) bond motifs is 1. The van der Waals surface area contributed by atoms with Gasteiger partial charge >= 0.3 is 12.0 Å². The first-order valence-corrected chi connectivity index (χ1v) is 18.2. The average Bonchev–Trinajstić information content (AvgIpc) is 3.86. The van der Waals surface area contributed by atoms with E-state index in [2.05, 4.69) is 35.1 Å². The lowest BCUT2D eigenvalue weighted by atomic mass is 9.85. The fourth-order valence-corrected chi connectivity index (χ4v) is 7.12. The van der Waals surface area contributed by atoms with Crippen molar-refractivity contribution in [2.24, 2.45) is 34.0 Å². The predicted molar refractivity (Wildman–Crippen MR) is 193 cm³/mol. The van der Waals surface area contributed by atoms with Gasteiger partial charge in [0.15, 0.2) is 0 Å². The second-order valence-corrected chi connectivity index (χ2v) is 18.4. The summed E-state index contributed by atoms with van der Waals surface area (Å²) < 4.78 is 5.58. The lowest BCUT2D eigenvalue weighted by Crippen LogP contribution is -2.63. The summed E-state index contributed by atoms with van der Waals surface area (Å²) >= 11 is 0. The van der Waals surface area contributed by atoms with Crippen LogP contribution in [-0.4, -0.2) is 76.7 Å². The SMILES string of the molecule is CC(C)(C)OC(=O)[C@@H](NC(=O)N[C@H](C(=O)N1C[C@H]2[C@@H]([C@H]1C(=O)NC(CC1CC1)C(=O)C(=O)NCc1ccccc1)C2(C)C)C(C)(C)C)C(C)(C)C. The third kappa shape index (κ3) is 9.89. The quantitative estimate of drug-likeness (QED) is 0.188. The van der Waals surface area contributed by atoms with Crippen LogP contribution >= 0.6 is 0 Å². The van der Waals surface area contributed by atoms with Gasteiger partial charge in [0.2, 0.25) is 17.6 Å². The fourth-order valence-electron chi connectivity index (χ4n) is 7.12. The number of carbonyl (C=O) groups is 6. The number of Topliss-reactive ketones (excluding diaryl/α,β-unsaturated/α-hetero) is 1. The maximum Gasteiger partial charge on any atom is 0.329 e. The first-order valence-electron chi connectivity index (χ1n) is 18.2. The second kappa shape index (κ2) is 14.6. The molecule has 1 aliphatic heterocycles. The van der Waals surface area contributed by atoms with E-state index in [4.69, 9.17) is 4.74 Å². The highest BCUT2D eigenvalue weighted by atomic mass is 16.6. The largest absolute Gasteiger partial charge is 0.458 e. The number of nitrogens with zero attached hydrogens (tertiary/aromatic N) is 1. The molecule has 1 heterocycles. The van der Waals surface area contributed by atoms with Crippen molar-refractivity contribution in [2.45, 2.75) is 132 Å². The Kier molecular flexibility index (Phi) is 11.4. The molecule has 2 saturated carbocycles. The summed E-state index contributed by atoms with van der Waals surface area (Å²) in [7, 11) is 0. The Morgan fingerprint density at radius 1 is 0.843 bits per heavy atom. The number of nitrogens with one attached hydrogen (secondary N) is 4. The molecule has 0 radical (unpaired) electrons. The molecule has 5 amide bonds. The molecule has 4 rings (SSSR count). The number of benzene rings is 1. The molecular weight excluding hydrogens is 650 g/mol. The van der Waals surface area contributed by atoms with E-state index in [1.54, 1.807) is 20.8 Å². The summed E-state index contributed by atoms with van der Waals surface area (Å²) in [5.41, 5.74) is -1.60. The van der Waals surface area contributed by atoms with Gasteiger partial charge in [-0.3, -0.25) is 19.2 Å². The number of urea groups is 1. The number of rotatable bonds is 12. The molecule has 282 valence electrons. The summed E-state index contributed by atoms with van der Waals surface area (Å²) in [5.74, 6) is -2.85. The van der Waals surface area contributed by atoms with Gasteiger partial charge in [0, 0.05) is 13.1 Å². The molecule has 3 aliphatic rings. The smallest absolute Gasteiger partial charge is 0.329 e. The van der Waals surface area contributed by atoms with Crippen molar-refractivity contribution in [3.63, 3.8) is 0 Å². The highest BCUT2D eigenvalue weighted by molar-refractivity contribution is 6.38. The molecule has 1 saturated heterocycles. The maximum absolute atomic E-state index is 14.4. The summed E-state index contributed by atoms with van der Waals surface area (Å²) in [4.78, 5) is 83.3. The lowest BCUT2D eigenvalue weighted by Gasteiger charge is -2.38. The Labute approximate surface area is 302 Å². The molecule has 0 bridgehead atoms. The number of likely N-dealkylation sites (tertiary alicyclic amines) is 1. The zero-order chi connectivity index (χ0) is 38.3. The van der Waals surface area contributed by atoms with Crippen molar-refractivity contribution in [3.05, 3.63) is 35.9 Å². The minimum atomic E-state index is -1.06. The van der Waals surface area contributed by atoms with Gasteiger partial charge in [0.05, 0.1) is 6.04 Å². The van der Waals surface area contributed by atoms with Crippen LogP contribution in [0.1, 0.15) is 101 Å². The zero-order valence-corrected chi connectivity index (χ0v) is 32.3. The minimum Gasteiger partial charge on any atom is -0.458 e. The highest BCUT2D eigenvalue weighted by Crippen LogP contribution is 2.65. The number of esters is 1. The average molecular weight is 710 g/mol. The van der Waals surface area contributed by atoms with Crippen LogP contribution in [0.4, 0.5) is 4.79 Å². The van der Waals surface area contributed by atoms with E-state index in [0.29, 0.717) is 13.0 Å². The zero-order valence-electron chi connectivity index (χ0n) is 32.3. The van der Waals surface area contributed by atoms with E-state index in [1.165, 1.54) is 4.90 Å². The van der Waals surface area contributed by atoms with Gasteiger partial charge in [-0.15, -0.1) is 0 Å². The molecule has 2 aliphatic carbocycles. The van der Waals surface area contributed by atoms with Gasteiger partial charge in [0.1, 0.15) is 23.7 Å². The van der Waals surface area contributed by atoms with Crippen LogP contribution < -0.4 is 21.3 Å². The Hall–Kier alpha value is -3.96. The number of ketones is 1. The third-order valence-corrected chi connectivity index (χ3v) is 10.4. The number of carbonyl (C=O) groups excluding carboxylic acids is 6. The molecule has 3 fully saturated rings. The molecular formula is C39H59N5O7. The van der Waals surface area contributed by atoms with Crippen LogP contribution in [0.2, 0.25) is 0 Å². The normalized spacial score (nSPS) is 22.8. The summed E-state index contributed by atoms with van der Waals surface area (Å²) in [6.07, 6.45) is 2.19. The van der Waals surface area contributed by atoms with Crippen molar-refractivity contribution in [1.29, 1.82) is 0 Å². The molecule has 12 heteroatoms. The molecule has 6 atom stereocenters. The van der Waals surface area contributed by atoms with Crippen molar-refractivity contribution in [1.82, 2.24) is 26.2 Å². The molecule has 1 unspecified atom stereocenters. The number of ether oxygens (including phenoxy) is 1. The fraction of sp³-hybridized carbons (Fsp3) is 0.692. The van der Waals surface area contributed by atoms with E-state index >= 15 is 0 Å². The molecule has 12 nitrogen and oxygen atoms in total. The Balaban J connectivity index is 1.51. The van der Waals surface area contributed by atoms with Crippen LogP contribution in [0.15, 0.2) is 30.3 Å². The van der Waals surface area contributed by atoms with E-state index in [0.717, 1.165) is 18.4 Å². The van der Waals surface area contributed by atoms with Crippen LogP contribution in [0.3, 0.4) is 0 Å². The molecule has 1 aromatic carbocycles. The molecule has 0 spiro atoms. The monoisotopic (exact) mass is 709 g/mol. The first-order chi connectivity index (χ1) is 23.4. The number of piperidine rings is 1. The minimum absolute atomic E-state index is 0.0517. The Morgan fingerprint density at radius 2 is 1.41 bits per heavy atom. The highest BCUT2D eigenvalue weighted by Gasteiger charge is 2.70. The summed E-state index contributed by atoms with van der Waals surface area (Å²) in [5, 5.41) is 11.1. The predicted octanol–water partition coefficient (Wildman–Crippen LogP) is 4.11. The van der Waals surface area contributed by atoms with Crippen LogP contribution in [-0.2, 0) is 35.3 Å². The van der Waals surface area contributed by atoms with Crippen LogP contribution in [0.25, 0.3) is 0 Å². The van der Waals surface area contributed by atoms with Crippen LogP contribution in [0.5, 0.6) is 0 Å². The molecule has 4 N–H and O–H groups in total. The van der Waals surface area contributed by atoms with Crippen LogP contribution in [0, 0.1) is 34.0 Å². The first kappa shape index (κ1) is 39.8. The third-order valence-electron chi connectivity index (χ3n) is 10.4. The van der Waals surface area contributed by atoms with Gasteiger partial charge < -0.3 is 30.9 Å². The lowest BCUT2D eigenvalue weighted by molar-refractivity contribution is -0.160. The standard InChI is InChI=1S/C39H59N5O7/c1-36(2,3)29(42-35(50)43-30(37(4,5)6)34(49)51-38(7,8)9)33(48)44-21-24-26(39(24,10)11)27(44)31(46)41-25(19-22-17-18-22)28(45)32(47)40-20-23-15-13-12-14-16-23/h12-16,22,24-27,29-30H,17-21H2,1-11H3,(H,40,47)(H,41,46)(H2,42,43,50)/t24-,25?,26-,27-,29+,30+/m0/s1. The van der Waals surface area contributed by atoms with E-state index in [9.17, 15) is 28.8 Å². The van der Waals surface area contributed by atoms with Crippen molar-refractivity contribution in [2.75, 3.05) is 6.54 Å². The number of hydrogen-bond donors (Lipinski definition) is 4. The van der Waals surface area contributed by atoms with Gasteiger partial charge in [-0.25, -0.2) is 9.59 Å². The second-order valence-electron chi connectivity index (χ2n) is 18.4. The maximum atomic E-state index is 14.4. The number of amides is 5. The Morgan fingerprint density at radius 3 is 1.94 bits per heavy atom. The summed E-state index contributed by atoms with van der Waals surface area (Å²) in [6, 6.07) is 4.57. The molecule has 0 aromatic heterocycles.